The van der Waals surface area contributed by atoms with Crippen molar-refractivity contribution in [2.75, 3.05) is 0 Å². The smallest absolute Gasteiger partial charge is 0.316 e. The molecule has 2 aromatic rings. The normalized spacial score (nSPS) is 12.0. The Morgan fingerprint density at radius 1 is 1.13 bits per heavy atom. The lowest BCUT2D eigenvalue weighted by Crippen LogP contribution is -2.40. The maximum Gasteiger partial charge on any atom is 0.316 e. The number of Topliss-reactive ketones (excluding diaryl/α,β-unsaturated/α-hetero) is 1. The van der Waals surface area contributed by atoms with E-state index in [2.05, 4.69) is 4.98 Å². The number of carbonyl (C=O) groups excluding carboxylic acids is 2. The molecule has 0 saturated carbocycles. The third-order valence-electron chi connectivity index (χ3n) is 4.45. The number of ketones is 1. The first-order valence-corrected chi connectivity index (χ1v) is 9.62. The fraction of sp³-hybridized carbons (Fsp3) is 0.455. The Kier molecular flexibility index (Phi) is 6.61. The van der Waals surface area contributed by atoms with E-state index in [0.29, 0.717) is 6.42 Å². The number of hydrogen-bond donors (Lipinski definition) is 1. The van der Waals surface area contributed by atoms with Gasteiger partial charge in [-0.1, -0.05) is 12.1 Å². The molecule has 0 unspecified atom stereocenters. The van der Waals surface area contributed by atoms with Gasteiger partial charge in [-0.05, 0) is 58.7 Å². The summed E-state index contributed by atoms with van der Waals surface area (Å²) in [7, 11) is 1.46. The largest absolute Gasteiger partial charge is 0.418 e. The molecule has 0 aliphatic carbocycles. The Morgan fingerprint density at radius 3 is 2.20 bits per heavy atom. The minimum absolute atomic E-state index is 0.00366. The number of carbonyl (C=O) groups is 2. The van der Waals surface area contributed by atoms with Crippen molar-refractivity contribution in [3.63, 3.8) is 0 Å². The van der Waals surface area contributed by atoms with Crippen LogP contribution in [0.5, 0.6) is 5.75 Å². The highest BCUT2D eigenvalue weighted by Gasteiger charge is 2.31. The quantitative estimate of drug-likeness (QED) is 0.572. The third kappa shape index (κ3) is 5.38. The molecule has 0 spiro atoms. The number of nitrogens with zero attached hydrogens (tertiary/aromatic N) is 2. The summed E-state index contributed by atoms with van der Waals surface area (Å²) in [5, 5.41) is 0. The van der Waals surface area contributed by atoms with Gasteiger partial charge in [0.05, 0.1) is 11.0 Å². The van der Waals surface area contributed by atoms with E-state index in [1.807, 2.05) is 0 Å². The second-order valence-corrected chi connectivity index (χ2v) is 8.89. The molecule has 30 heavy (non-hydrogen) atoms. The molecule has 2 N–H and O–H groups in total. The van der Waals surface area contributed by atoms with E-state index in [-0.39, 0.29) is 23.8 Å². The van der Waals surface area contributed by atoms with E-state index in [4.69, 9.17) is 10.5 Å². The lowest BCUT2D eigenvalue weighted by molar-refractivity contribution is -0.143. The first-order chi connectivity index (χ1) is 13.7. The second-order valence-electron chi connectivity index (χ2n) is 8.89. The average molecular weight is 417 g/mol. The number of benzene rings is 1. The van der Waals surface area contributed by atoms with Crippen LogP contribution < -0.4 is 16.0 Å². The highest BCUT2D eigenvalue weighted by molar-refractivity contribution is 5.97. The summed E-state index contributed by atoms with van der Waals surface area (Å²) in [6.07, 6.45) is 0.306. The van der Waals surface area contributed by atoms with E-state index < -0.39 is 34.0 Å². The van der Waals surface area contributed by atoms with Crippen LogP contribution in [0.4, 0.5) is 4.39 Å². The van der Waals surface area contributed by atoms with Gasteiger partial charge < -0.3 is 10.5 Å². The monoisotopic (exact) mass is 417 g/mol. The molecule has 0 amide bonds. The van der Waals surface area contributed by atoms with Crippen molar-refractivity contribution < 1.29 is 18.7 Å². The van der Waals surface area contributed by atoms with E-state index in [9.17, 15) is 18.8 Å². The van der Waals surface area contributed by atoms with Gasteiger partial charge in [-0.3, -0.25) is 19.0 Å². The predicted octanol–water partition coefficient (Wildman–Crippen LogP) is 2.88. The Hall–Kier alpha value is -2.87. The fourth-order valence-corrected chi connectivity index (χ4v) is 2.71. The summed E-state index contributed by atoms with van der Waals surface area (Å²) >= 11 is 0. The predicted molar refractivity (Wildman–Crippen MR) is 111 cm³/mol. The number of hydrogen-bond acceptors (Lipinski definition) is 6. The van der Waals surface area contributed by atoms with Crippen LogP contribution in [-0.2, 0) is 23.8 Å². The first-order valence-electron chi connectivity index (χ1n) is 9.62. The molecular formula is C22H28FN3O4. The minimum atomic E-state index is -1.01. The highest BCUT2D eigenvalue weighted by Crippen LogP contribution is 2.23. The maximum absolute atomic E-state index is 13.1. The number of esters is 1. The first kappa shape index (κ1) is 23.4. The SMILES string of the molecule is Cn1c(C(C)(C)N)nc(C(=O)CCc2ccc(F)cc2)c(OC(=O)C(C)(C)C)c1=O. The third-order valence-corrected chi connectivity index (χ3v) is 4.45. The number of aromatic nitrogens is 2. The zero-order valence-electron chi connectivity index (χ0n) is 18.2. The summed E-state index contributed by atoms with van der Waals surface area (Å²) in [5.74, 6) is -1.72. The number of nitrogens with two attached hydrogens (primary N) is 1. The number of halogens is 1. The van der Waals surface area contributed by atoms with Gasteiger partial charge in [-0.15, -0.1) is 0 Å². The van der Waals surface area contributed by atoms with Crippen LogP contribution in [0.15, 0.2) is 29.1 Å². The van der Waals surface area contributed by atoms with Crippen molar-refractivity contribution in [3.8, 4) is 5.75 Å². The van der Waals surface area contributed by atoms with Crippen molar-refractivity contribution >= 4 is 11.8 Å². The topological polar surface area (TPSA) is 104 Å². The fourth-order valence-electron chi connectivity index (χ4n) is 2.71. The lowest BCUT2D eigenvalue weighted by Gasteiger charge is -2.23. The molecule has 0 aliphatic heterocycles. The van der Waals surface area contributed by atoms with Crippen LogP contribution in [0.3, 0.4) is 0 Å². The summed E-state index contributed by atoms with van der Waals surface area (Å²) in [6, 6.07) is 5.77. The Morgan fingerprint density at radius 2 is 1.70 bits per heavy atom. The van der Waals surface area contributed by atoms with Crippen LogP contribution in [0, 0.1) is 11.2 Å². The number of aryl methyl sites for hydroxylation is 1. The second kappa shape index (κ2) is 8.47. The van der Waals surface area contributed by atoms with E-state index in [0.717, 1.165) is 5.56 Å². The summed E-state index contributed by atoms with van der Waals surface area (Å²) in [5.41, 5.74) is 4.08. The van der Waals surface area contributed by atoms with Gasteiger partial charge in [-0.25, -0.2) is 9.37 Å². The molecule has 0 bridgehead atoms. The molecule has 8 heteroatoms. The Balaban J connectivity index is 2.49. The molecule has 0 aliphatic rings. The van der Waals surface area contributed by atoms with Crippen molar-refractivity contribution in [3.05, 3.63) is 57.5 Å². The van der Waals surface area contributed by atoms with E-state index in [1.165, 1.54) is 23.7 Å². The van der Waals surface area contributed by atoms with Gasteiger partial charge in [0.25, 0.3) is 5.56 Å². The van der Waals surface area contributed by atoms with Gasteiger partial charge in [-0.2, -0.15) is 0 Å². The van der Waals surface area contributed by atoms with Gasteiger partial charge >= 0.3 is 5.97 Å². The summed E-state index contributed by atoms with van der Waals surface area (Å²) in [4.78, 5) is 42.6. The number of rotatable bonds is 6. The van der Waals surface area contributed by atoms with Crippen molar-refractivity contribution in [1.82, 2.24) is 9.55 Å². The van der Waals surface area contributed by atoms with Crippen LogP contribution in [0.2, 0.25) is 0 Å². The molecule has 0 saturated heterocycles. The highest BCUT2D eigenvalue weighted by atomic mass is 19.1. The molecule has 0 atom stereocenters. The molecule has 1 aromatic heterocycles. The summed E-state index contributed by atoms with van der Waals surface area (Å²) < 4.78 is 19.6. The molecule has 2 rings (SSSR count). The zero-order chi connectivity index (χ0) is 22.9. The number of ether oxygens (including phenoxy) is 1. The molecule has 1 aromatic carbocycles. The van der Waals surface area contributed by atoms with Crippen LogP contribution in [-0.4, -0.2) is 21.3 Å². The molecule has 0 radical (unpaired) electrons. The lowest BCUT2D eigenvalue weighted by atomic mass is 9.97. The average Bonchev–Trinajstić information content (AvgIpc) is 2.63. The molecule has 7 nitrogen and oxygen atoms in total. The van der Waals surface area contributed by atoms with Crippen LogP contribution in [0.1, 0.15) is 62.9 Å². The van der Waals surface area contributed by atoms with E-state index in [1.54, 1.807) is 46.8 Å². The van der Waals surface area contributed by atoms with Crippen molar-refractivity contribution in [2.45, 2.75) is 53.0 Å². The Labute approximate surface area is 175 Å². The van der Waals surface area contributed by atoms with Crippen LogP contribution >= 0.6 is 0 Å². The minimum Gasteiger partial charge on any atom is -0.418 e. The maximum atomic E-state index is 13.1. The Bertz CT molecular complexity index is 1010. The van der Waals surface area contributed by atoms with E-state index >= 15 is 0 Å². The molecule has 0 fully saturated rings. The van der Waals surface area contributed by atoms with Crippen molar-refractivity contribution in [1.29, 1.82) is 0 Å². The van der Waals surface area contributed by atoms with Gasteiger partial charge in [0.1, 0.15) is 11.6 Å². The molecule has 162 valence electrons. The van der Waals surface area contributed by atoms with Crippen molar-refractivity contribution in [2.24, 2.45) is 18.2 Å². The van der Waals surface area contributed by atoms with Gasteiger partial charge in [0.2, 0.25) is 5.75 Å². The zero-order valence-corrected chi connectivity index (χ0v) is 18.2. The van der Waals surface area contributed by atoms with Gasteiger partial charge in [0.15, 0.2) is 11.5 Å². The van der Waals surface area contributed by atoms with Gasteiger partial charge in [0, 0.05) is 13.5 Å². The van der Waals surface area contributed by atoms with Crippen LogP contribution in [0.25, 0.3) is 0 Å². The molecular weight excluding hydrogens is 389 g/mol. The summed E-state index contributed by atoms with van der Waals surface area (Å²) in [6.45, 7) is 8.23. The molecule has 1 heterocycles. The standard InChI is InChI=1S/C22H28FN3O4/c1-21(2,3)20(29)30-17-16(25-19(22(4,5)24)26(6)18(17)28)15(27)12-9-13-7-10-14(23)11-8-13/h7-8,10-11H,9,12,24H2,1-6H3.